The number of carbonyl (C=O) groups excluding carboxylic acids is 1. The Kier molecular flexibility index (Phi) is 4.98. The number of halogens is 1. The molecule has 1 aromatic carbocycles. The summed E-state index contributed by atoms with van der Waals surface area (Å²) in [5, 5.41) is 2.31. The van der Waals surface area contributed by atoms with Gasteiger partial charge in [-0.15, -0.1) is 0 Å². The Bertz CT molecular complexity index is 560. The highest BCUT2D eigenvalue weighted by Gasteiger charge is 2.22. The molecule has 0 aliphatic rings. The van der Waals surface area contributed by atoms with Gasteiger partial charge >= 0.3 is 0 Å². The Labute approximate surface area is 112 Å². The number of rotatable bonds is 5. The van der Waals surface area contributed by atoms with Crippen LogP contribution in [0.2, 0.25) is 0 Å². The second-order valence-electron chi connectivity index (χ2n) is 4.07. The SMILES string of the molecule is CN(C)S(=O)(=O)N(C)CC(=O)Nc1ccccc1F. The highest BCUT2D eigenvalue weighted by atomic mass is 32.2. The Morgan fingerprint density at radius 3 is 2.37 bits per heavy atom. The number of hydrogen-bond acceptors (Lipinski definition) is 3. The van der Waals surface area contributed by atoms with Gasteiger partial charge in [-0.3, -0.25) is 4.79 Å². The van der Waals surface area contributed by atoms with E-state index in [0.717, 1.165) is 8.61 Å². The molecule has 0 atom stereocenters. The summed E-state index contributed by atoms with van der Waals surface area (Å²) in [4.78, 5) is 11.6. The zero-order valence-electron chi connectivity index (χ0n) is 10.9. The first kappa shape index (κ1) is 15.5. The van der Waals surface area contributed by atoms with E-state index in [1.165, 1.54) is 39.3 Å². The van der Waals surface area contributed by atoms with E-state index in [-0.39, 0.29) is 5.69 Å². The fourth-order valence-corrected chi connectivity index (χ4v) is 2.15. The van der Waals surface area contributed by atoms with E-state index in [4.69, 9.17) is 0 Å². The van der Waals surface area contributed by atoms with Gasteiger partial charge in [0, 0.05) is 21.1 Å². The van der Waals surface area contributed by atoms with Gasteiger partial charge in [-0.1, -0.05) is 12.1 Å². The van der Waals surface area contributed by atoms with Crippen molar-refractivity contribution in [1.29, 1.82) is 0 Å². The van der Waals surface area contributed by atoms with Crippen LogP contribution in [0.25, 0.3) is 0 Å². The lowest BCUT2D eigenvalue weighted by atomic mass is 10.3. The number of benzene rings is 1. The number of anilines is 1. The highest BCUT2D eigenvalue weighted by Crippen LogP contribution is 2.12. The lowest BCUT2D eigenvalue weighted by Gasteiger charge is -2.20. The van der Waals surface area contributed by atoms with Crippen molar-refractivity contribution in [2.75, 3.05) is 33.0 Å². The van der Waals surface area contributed by atoms with Crippen molar-refractivity contribution >= 4 is 21.8 Å². The maximum absolute atomic E-state index is 13.3. The molecule has 0 saturated carbocycles. The summed E-state index contributed by atoms with van der Waals surface area (Å²) in [6.07, 6.45) is 0. The molecule has 0 bridgehead atoms. The molecule has 19 heavy (non-hydrogen) atoms. The molecule has 0 saturated heterocycles. The molecule has 0 fully saturated rings. The molecular formula is C11H16FN3O3S. The molecule has 0 radical (unpaired) electrons. The minimum atomic E-state index is -3.66. The average Bonchev–Trinajstić information content (AvgIpc) is 2.31. The first-order valence-electron chi connectivity index (χ1n) is 5.43. The van der Waals surface area contributed by atoms with E-state index in [1.54, 1.807) is 6.07 Å². The minimum absolute atomic E-state index is 0.0168. The predicted molar refractivity (Wildman–Crippen MR) is 70.3 cm³/mol. The van der Waals surface area contributed by atoms with Gasteiger partial charge in [-0.2, -0.15) is 17.0 Å². The fourth-order valence-electron chi connectivity index (χ4n) is 1.31. The lowest BCUT2D eigenvalue weighted by Crippen LogP contribution is -2.41. The van der Waals surface area contributed by atoms with Crippen LogP contribution in [-0.4, -0.2) is 50.6 Å². The van der Waals surface area contributed by atoms with Crippen LogP contribution < -0.4 is 5.32 Å². The van der Waals surface area contributed by atoms with Crippen LogP contribution in [-0.2, 0) is 15.0 Å². The van der Waals surface area contributed by atoms with Gasteiger partial charge in [0.05, 0.1) is 12.2 Å². The van der Waals surface area contributed by atoms with Crippen molar-refractivity contribution in [2.24, 2.45) is 0 Å². The maximum atomic E-state index is 13.3. The molecule has 1 aromatic rings. The van der Waals surface area contributed by atoms with Crippen molar-refractivity contribution in [3.8, 4) is 0 Å². The molecule has 0 heterocycles. The topological polar surface area (TPSA) is 69.7 Å². The van der Waals surface area contributed by atoms with Gasteiger partial charge in [-0.25, -0.2) is 4.39 Å². The zero-order valence-corrected chi connectivity index (χ0v) is 11.7. The van der Waals surface area contributed by atoms with Gasteiger partial charge in [0.2, 0.25) is 5.91 Å². The van der Waals surface area contributed by atoms with E-state index in [0.29, 0.717) is 0 Å². The normalized spacial score (nSPS) is 11.9. The molecule has 0 aliphatic carbocycles. The fraction of sp³-hybridized carbons (Fsp3) is 0.364. The largest absolute Gasteiger partial charge is 0.322 e. The number of amides is 1. The Morgan fingerprint density at radius 1 is 1.26 bits per heavy atom. The third-order valence-corrected chi connectivity index (χ3v) is 4.21. The van der Waals surface area contributed by atoms with Crippen molar-refractivity contribution in [2.45, 2.75) is 0 Å². The molecule has 8 heteroatoms. The van der Waals surface area contributed by atoms with Gasteiger partial charge in [0.15, 0.2) is 0 Å². The first-order chi connectivity index (χ1) is 8.75. The van der Waals surface area contributed by atoms with Crippen LogP contribution in [0.5, 0.6) is 0 Å². The third kappa shape index (κ3) is 3.98. The summed E-state index contributed by atoms with van der Waals surface area (Å²) in [5.74, 6) is -1.19. The van der Waals surface area contributed by atoms with E-state index in [9.17, 15) is 17.6 Å². The molecular weight excluding hydrogens is 273 g/mol. The van der Waals surface area contributed by atoms with Crippen LogP contribution in [0.1, 0.15) is 0 Å². The number of likely N-dealkylation sites (N-methyl/N-ethyl adjacent to an activating group) is 1. The van der Waals surface area contributed by atoms with Crippen molar-refractivity contribution < 1.29 is 17.6 Å². The van der Waals surface area contributed by atoms with Crippen LogP contribution in [0.3, 0.4) is 0 Å². The van der Waals surface area contributed by atoms with Gasteiger partial charge in [-0.05, 0) is 12.1 Å². The second-order valence-corrected chi connectivity index (χ2v) is 6.32. The van der Waals surface area contributed by atoms with Gasteiger partial charge in [0.1, 0.15) is 5.82 Å². The average molecular weight is 289 g/mol. The lowest BCUT2D eigenvalue weighted by molar-refractivity contribution is -0.116. The van der Waals surface area contributed by atoms with Gasteiger partial charge < -0.3 is 5.32 Å². The highest BCUT2D eigenvalue weighted by molar-refractivity contribution is 7.86. The predicted octanol–water partition coefficient (Wildman–Crippen LogP) is 0.502. The molecule has 0 unspecified atom stereocenters. The maximum Gasteiger partial charge on any atom is 0.281 e. The molecule has 0 spiro atoms. The van der Waals surface area contributed by atoms with Crippen LogP contribution >= 0.6 is 0 Å². The quantitative estimate of drug-likeness (QED) is 0.858. The summed E-state index contributed by atoms with van der Waals surface area (Å²) >= 11 is 0. The summed E-state index contributed by atoms with van der Waals surface area (Å²) in [5.41, 5.74) is 0.0168. The number of nitrogens with one attached hydrogen (secondary N) is 1. The number of carbonyl (C=O) groups is 1. The Hall–Kier alpha value is -1.51. The first-order valence-corrected chi connectivity index (χ1v) is 6.83. The van der Waals surface area contributed by atoms with E-state index >= 15 is 0 Å². The number of nitrogens with zero attached hydrogens (tertiary/aromatic N) is 2. The smallest absolute Gasteiger partial charge is 0.281 e. The summed E-state index contributed by atoms with van der Waals surface area (Å²) in [6, 6.07) is 5.66. The second kappa shape index (κ2) is 6.09. The standard InChI is InChI=1S/C11H16FN3O3S/c1-14(2)19(17,18)15(3)8-11(16)13-10-7-5-4-6-9(10)12/h4-7H,8H2,1-3H3,(H,13,16). The van der Waals surface area contributed by atoms with Crippen molar-refractivity contribution in [3.05, 3.63) is 30.1 Å². The molecule has 106 valence electrons. The monoisotopic (exact) mass is 289 g/mol. The van der Waals surface area contributed by atoms with E-state index in [2.05, 4.69) is 5.32 Å². The zero-order chi connectivity index (χ0) is 14.6. The van der Waals surface area contributed by atoms with Crippen molar-refractivity contribution in [1.82, 2.24) is 8.61 Å². The molecule has 0 aromatic heterocycles. The number of hydrogen-bond donors (Lipinski definition) is 1. The van der Waals surface area contributed by atoms with Gasteiger partial charge in [0.25, 0.3) is 10.2 Å². The minimum Gasteiger partial charge on any atom is -0.322 e. The molecule has 0 aliphatic heterocycles. The van der Waals surface area contributed by atoms with Crippen LogP contribution in [0, 0.1) is 5.82 Å². The molecule has 6 nitrogen and oxygen atoms in total. The Morgan fingerprint density at radius 2 is 1.84 bits per heavy atom. The molecule has 1 N–H and O–H groups in total. The summed E-state index contributed by atoms with van der Waals surface area (Å²) in [7, 11) is 0.335. The third-order valence-electron chi connectivity index (χ3n) is 2.37. The number of para-hydroxylation sites is 1. The molecule has 1 amide bonds. The van der Waals surface area contributed by atoms with Crippen LogP contribution in [0.15, 0.2) is 24.3 Å². The summed E-state index contributed by atoms with van der Waals surface area (Å²) < 4.78 is 38.5. The molecule has 1 rings (SSSR count). The van der Waals surface area contributed by atoms with E-state index < -0.39 is 28.5 Å². The Balaban J connectivity index is 2.70. The van der Waals surface area contributed by atoms with E-state index in [1.807, 2.05) is 0 Å². The summed E-state index contributed by atoms with van der Waals surface area (Å²) in [6.45, 7) is -0.394. The van der Waals surface area contributed by atoms with Crippen LogP contribution in [0.4, 0.5) is 10.1 Å². The van der Waals surface area contributed by atoms with Crippen molar-refractivity contribution in [3.63, 3.8) is 0 Å².